The second-order valence-corrected chi connectivity index (χ2v) is 7.05. The fourth-order valence-corrected chi connectivity index (χ4v) is 3.96. The van der Waals surface area contributed by atoms with Gasteiger partial charge >= 0.3 is 0 Å². The molecule has 1 saturated heterocycles. The van der Waals surface area contributed by atoms with Crippen LogP contribution in [0.3, 0.4) is 0 Å². The molecule has 0 bridgehead atoms. The molecule has 0 aliphatic carbocycles. The number of thiophene rings is 1. The summed E-state index contributed by atoms with van der Waals surface area (Å²) in [6.07, 6.45) is 6.95. The molecule has 1 fully saturated rings. The molecule has 0 aromatic carbocycles. The third kappa shape index (κ3) is 3.11. The Balaban J connectivity index is 1.52. The Morgan fingerprint density at radius 3 is 3.12 bits per heavy atom. The predicted molar refractivity (Wildman–Crippen MR) is 90.4 cm³/mol. The molecule has 0 N–H and O–H groups in total. The van der Waals surface area contributed by atoms with E-state index in [1.54, 1.807) is 24.0 Å². The zero-order valence-electron chi connectivity index (χ0n) is 13.6. The molecule has 1 aliphatic rings. The van der Waals surface area contributed by atoms with Crippen LogP contribution in [0.1, 0.15) is 38.1 Å². The molecule has 24 heavy (non-hydrogen) atoms. The Morgan fingerprint density at radius 2 is 2.33 bits per heavy atom. The van der Waals surface area contributed by atoms with Gasteiger partial charge in [-0.15, -0.1) is 21.5 Å². The quantitative estimate of drug-likeness (QED) is 0.708. The van der Waals surface area contributed by atoms with Gasteiger partial charge in [0.25, 0.3) is 5.89 Å². The lowest BCUT2D eigenvalue weighted by atomic mass is 10.00. The number of hydrogen-bond acceptors (Lipinski definition) is 7. The highest BCUT2D eigenvalue weighted by Gasteiger charge is 2.30. The number of aromatic nitrogens is 5. The van der Waals surface area contributed by atoms with Gasteiger partial charge in [0.05, 0.1) is 17.5 Å². The second-order valence-electron chi connectivity index (χ2n) is 6.10. The first-order valence-electron chi connectivity index (χ1n) is 8.26. The van der Waals surface area contributed by atoms with Gasteiger partial charge in [0, 0.05) is 6.04 Å². The molecule has 1 aliphatic heterocycles. The summed E-state index contributed by atoms with van der Waals surface area (Å²) in [6.45, 7) is 4.03. The monoisotopic (exact) mass is 344 g/mol. The van der Waals surface area contributed by atoms with E-state index in [0.717, 1.165) is 24.4 Å². The van der Waals surface area contributed by atoms with Crippen molar-refractivity contribution in [3.63, 3.8) is 0 Å². The smallest absolute Gasteiger partial charge is 0.257 e. The van der Waals surface area contributed by atoms with Crippen LogP contribution in [0.5, 0.6) is 0 Å². The molecule has 7 nitrogen and oxygen atoms in total. The van der Waals surface area contributed by atoms with Crippen LogP contribution in [0.25, 0.3) is 10.8 Å². The standard InChI is InChI=1S/C16H20N6OS/c1-12(15-19-20-16(23-15)14-6-4-8-24-14)22-7-3-2-5-13(22)9-21-11-17-10-18-21/h4,6,8,10-13H,2-3,5,7,9H2,1H3/t12-,13-/m1/s1. The molecular weight excluding hydrogens is 324 g/mol. The third-order valence-corrected chi connectivity index (χ3v) is 5.42. The van der Waals surface area contributed by atoms with Crippen LogP contribution >= 0.6 is 11.3 Å². The molecule has 2 atom stereocenters. The fraction of sp³-hybridized carbons (Fsp3) is 0.500. The van der Waals surface area contributed by atoms with Gasteiger partial charge in [-0.2, -0.15) is 5.10 Å². The van der Waals surface area contributed by atoms with Crippen molar-refractivity contribution in [1.29, 1.82) is 0 Å². The number of hydrogen-bond donors (Lipinski definition) is 0. The van der Waals surface area contributed by atoms with E-state index < -0.39 is 0 Å². The van der Waals surface area contributed by atoms with E-state index in [1.165, 1.54) is 12.8 Å². The summed E-state index contributed by atoms with van der Waals surface area (Å²) in [6, 6.07) is 4.50. The molecule has 3 aromatic heterocycles. The van der Waals surface area contributed by atoms with Crippen molar-refractivity contribution < 1.29 is 4.42 Å². The molecular formula is C16H20N6OS. The highest BCUT2D eigenvalue weighted by molar-refractivity contribution is 7.13. The number of rotatable bonds is 5. The third-order valence-electron chi connectivity index (χ3n) is 4.56. The lowest BCUT2D eigenvalue weighted by Gasteiger charge is -2.38. The minimum atomic E-state index is 0.0973. The Bertz CT molecular complexity index is 753. The molecule has 8 heteroatoms. The van der Waals surface area contributed by atoms with Crippen LogP contribution in [0.15, 0.2) is 34.6 Å². The Morgan fingerprint density at radius 1 is 1.38 bits per heavy atom. The summed E-state index contributed by atoms with van der Waals surface area (Å²) in [5, 5.41) is 14.8. The molecule has 0 amide bonds. The van der Waals surface area contributed by atoms with E-state index in [2.05, 4.69) is 32.1 Å². The topological polar surface area (TPSA) is 72.9 Å². The Kier molecular flexibility index (Phi) is 4.40. The number of nitrogens with zero attached hydrogens (tertiary/aromatic N) is 6. The fourth-order valence-electron chi connectivity index (χ4n) is 3.32. The summed E-state index contributed by atoms with van der Waals surface area (Å²) in [4.78, 5) is 7.51. The molecule has 4 heterocycles. The molecule has 0 radical (unpaired) electrons. The number of likely N-dealkylation sites (tertiary alicyclic amines) is 1. The highest BCUT2D eigenvalue weighted by atomic mass is 32.1. The maximum Gasteiger partial charge on any atom is 0.257 e. The molecule has 4 rings (SSSR count). The van der Waals surface area contributed by atoms with Crippen LogP contribution in [0, 0.1) is 0 Å². The zero-order valence-corrected chi connectivity index (χ0v) is 14.4. The van der Waals surface area contributed by atoms with E-state index in [0.29, 0.717) is 17.8 Å². The molecule has 0 saturated carbocycles. The van der Waals surface area contributed by atoms with Crippen LogP contribution in [-0.2, 0) is 6.54 Å². The van der Waals surface area contributed by atoms with Gasteiger partial charge in [0.1, 0.15) is 12.7 Å². The van der Waals surface area contributed by atoms with Gasteiger partial charge in [0.2, 0.25) is 5.89 Å². The van der Waals surface area contributed by atoms with Crippen molar-refractivity contribution in [1.82, 2.24) is 29.9 Å². The van der Waals surface area contributed by atoms with E-state index in [1.807, 2.05) is 22.2 Å². The second kappa shape index (κ2) is 6.82. The molecule has 0 spiro atoms. The largest absolute Gasteiger partial charge is 0.418 e. The van der Waals surface area contributed by atoms with Crippen molar-refractivity contribution in [3.8, 4) is 10.8 Å². The van der Waals surface area contributed by atoms with Gasteiger partial charge < -0.3 is 4.42 Å². The summed E-state index contributed by atoms with van der Waals surface area (Å²) >= 11 is 1.61. The van der Waals surface area contributed by atoms with E-state index in [4.69, 9.17) is 4.42 Å². The Hall–Kier alpha value is -2.06. The summed E-state index contributed by atoms with van der Waals surface area (Å²) in [5.41, 5.74) is 0. The van der Waals surface area contributed by atoms with Crippen LogP contribution < -0.4 is 0 Å². The molecule has 0 unspecified atom stereocenters. The van der Waals surface area contributed by atoms with Crippen LogP contribution in [0.4, 0.5) is 0 Å². The van der Waals surface area contributed by atoms with E-state index >= 15 is 0 Å². The van der Waals surface area contributed by atoms with Crippen molar-refractivity contribution in [2.24, 2.45) is 0 Å². The lowest BCUT2D eigenvalue weighted by molar-refractivity contribution is 0.0754. The normalized spacial score (nSPS) is 20.3. The van der Waals surface area contributed by atoms with E-state index in [9.17, 15) is 0 Å². The van der Waals surface area contributed by atoms with Crippen molar-refractivity contribution in [2.75, 3.05) is 6.54 Å². The van der Waals surface area contributed by atoms with Crippen LogP contribution in [-0.4, -0.2) is 42.4 Å². The van der Waals surface area contributed by atoms with Gasteiger partial charge in [-0.25, -0.2) is 4.98 Å². The minimum Gasteiger partial charge on any atom is -0.418 e. The van der Waals surface area contributed by atoms with Gasteiger partial charge in [-0.05, 0) is 37.8 Å². The van der Waals surface area contributed by atoms with Crippen molar-refractivity contribution in [3.05, 3.63) is 36.1 Å². The Labute approximate surface area is 144 Å². The highest BCUT2D eigenvalue weighted by Crippen LogP contribution is 2.31. The van der Waals surface area contributed by atoms with Gasteiger partial charge in [-0.3, -0.25) is 9.58 Å². The van der Waals surface area contributed by atoms with E-state index in [-0.39, 0.29) is 6.04 Å². The minimum absolute atomic E-state index is 0.0973. The first-order valence-corrected chi connectivity index (χ1v) is 9.14. The van der Waals surface area contributed by atoms with Gasteiger partial charge in [-0.1, -0.05) is 12.5 Å². The molecule has 126 valence electrons. The zero-order chi connectivity index (χ0) is 16.4. The maximum atomic E-state index is 5.94. The SMILES string of the molecule is C[C@H](c1nnc(-c2cccs2)o1)N1CCCC[C@@H]1Cn1cncn1. The summed E-state index contributed by atoms with van der Waals surface area (Å²) in [7, 11) is 0. The average Bonchev–Trinajstić information content (AvgIpc) is 3.35. The number of piperidine rings is 1. The summed E-state index contributed by atoms with van der Waals surface area (Å²) in [5.74, 6) is 1.29. The lowest BCUT2D eigenvalue weighted by Crippen LogP contribution is -2.43. The first kappa shape index (κ1) is 15.5. The van der Waals surface area contributed by atoms with Gasteiger partial charge in [0.15, 0.2) is 0 Å². The maximum absolute atomic E-state index is 5.94. The van der Waals surface area contributed by atoms with Crippen molar-refractivity contribution in [2.45, 2.75) is 44.8 Å². The summed E-state index contributed by atoms with van der Waals surface area (Å²) < 4.78 is 7.84. The average molecular weight is 344 g/mol. The predicted octanol–water partition coefficient (Wildman–Crippen LogP) is 3.01. The first-order chi connectivity index (χ1) is 11.8. The van der Waals surface area contributed by atoms with Crippen LogP contribution in [0.2, 0.25) is 0 Å². The van der Waals surface area contributed by atoms with Crippen molar-refractivity contribution >= 4 is 11.3 Å². The molecule has 3 aromatic rings.